The first-order chi connectivity index (χ1) is 9.34. The SMILES string of the molecule is Cc1csc2c(N=NCc3cccnc3)ncnc12. The average molecular weight is 269 g/mol. The molecular formula is C13H11N5S. The maximum absolute atomic E-state index is 4.26. The molecule has 0 saturated carbocycles. The molecule has 0 N–H and O–H groups in total. The van der Waals surface area contributed by atoms with Crippen molar-refractivity contribution in [1.29, 1.82) is 0 Å². The number of hydrogen-bond donors (Lipinski definition) is 0. The van der Waals surface area contributed by atoms with Gasteiger partial charge in [0.05, 0.1) is 16.8 Å². The molecule has 0 aliphatic rings. The first-order valence-corrected chi connectivity index (χ1v) is 6.68. The molecular weight excluding hydrogens is 258 g/mol. The molecule has 0 atom stereocenters. The summed E-state index contributed by atoms with van der Waals surface area (Å²) in [6.45, 7) is 2.53. The molecule has 0 aromatic carbocycles. The Morgan fingerprint density at radius 3 is 3.11 bits per heavy atom. The fourth-order valence-electron chi connectivity index (χ4n) is 1.70. The van der Waals surface area contributed by atoms with E-state index in [0.29, 0.717) is 12.4 Å². The molecule has 0 aliphatic carbocycles. The fourth-order valence-corrected chi connectivity index (χ4v) is 2.63. The third-order valence-corrected chi connectivity index (χ3v) is 3.74. The molecule has 3 aromatic heterocycles. The van der Waals surface area contributed by atoms with Crippen LogP contribution in [0.25, 0.3) is 10.2 Å². The first-order valence-electron chi connectivity index (χ1n) is 5.80. The third kappa shape index (κ3) is 2.48. The normalized spacial score (nSPS) is 11.4. The van der Waals surface area contributed by atoms with Crippen molar-refractivity contribution < 1.29 is 0 Å². The number of pyridine rings is 1. The van der Waals surface area contributed by atoms with Crippen molar-refractivity contribution >= 4 is 27.4 Å². The molecule has 0 fully saturated rings. The van der Waals surface area contributed by atoms with Gasteiger partial charge >= 0.3 is 0 Å². The van der Waals surface area contributed by atoms with Crippen LogP contribution in [0, 0.1) is 6.92 Å². The molecule has 5 nitrogen and oxygen atoms in total. The summed E-state index contributed by atoms with van der Waals surface area (Å²) < 4.78 is 0.981. The molecule has 0 bridgehead atoms. The number of azo groups is 1. The minimum atomic E-state index is 0.504. The predicted octanol–water partition coefficient (Wildman–Crippen LogP) is 3.68. The Kier molecular flexibility index (Phi) is 3.24. The second kappa shape index (κ2) is 5.19. The molecule has 3 aromatic rings. The van der Waals surface area contributed by atoms with Crippen LogP contribution in [0.1, 0.15) is 11.1 Å². The van der Waals surface area contributed by atoms with E-state index in [4.69, 9.17) is 0 Å². The molecule has 0 amide bonds. The summed E-state index contributed by atoms with van der Waals surface area (Å²) in [6.07, 6.45) is 5.05. The van der Waals surface area contributed by atoms with E-state index in [1.54, 1.807) is 23.7 Å². The van der Waals surface area contributed by atoms with Gasteiger partial charge in [-0.1, -0.05) is 6.07 Å². The van der Waals surface area contributed by atoms with E-state index in [1.807, 2.05) is 19.1 Å². The highest BCUT2D eigenvalue weighted by molar-refractivity contribution is 7.17. The highest BCUT2D eigenvalue weighted by atomic mass is 32.1. The smallest absolute Gasteiger partial charge is 0.195 e. The van der Waals surface area contributed by atoms with Crippen LogP contribution in [0.5, 0.6) is 0 Å². The third-order valence-electron chi connectivity index (χ3n) is 2.65. The molecule has 0 unspecified atom stereocenters. The lowest BCUT2D eigenvalue weighted by Gasteiger charge is -1.95. The lowest BCUT2D eigenvalue weighted by molar-refractivity contribution is 0.939. The summed E-state index contributed by atoms with van der Waals surface area (Å²) in [7, 11) is 0. The standard InChI is InChI=1S/C13H11N5S/c1-9-7-19-12-11(9)15-8-16-13(12)18-17-6-10-3-2-4-14-5-10/h2-5,7-8H,6H2,1H3. The topological polar surface area (TPSA) is 63.4 Å². The summed E-state index contributed by atoms with van der Waals surface area (Å²) >= 11 is 1.60. The number of fused-ring (bicyclic) bond motifs is 1. The number of nitrogens with zero attached hydrogens (tertiary/aromatic N) is 5. The largest absolute Gasteiger partial charge is 0.264 e. The molecule has 6 heteroatoms. The average Bonchev–Trinajstić information content (AvgIpc) is 2.83. The zero-order chi connectivity index (χ0) is 13.1. The van der Waals surface area contributed by atoms with Gasteiger partial charge in [0, 0.05) is 12.4 Å². The summed E-state index contributed by atoms with van der Waals surface area (Å²) in [6, 6.07) is 3.85. The Labute approximate surface area is 114 Å². The van der Waals surface area contributed by atoms with Gasteiger partial charge in [0.25, 0.3) is 0 Å². The summed E-state index contributed by atoms with van der Waals surface area (Å²) in [4.78, 5) is 12.5. The quantitative estimate of drug-likeness (QED) is 0.681. The Balaban J connectivity index is 1.85. The predicted molar refractivity (Wildman–Crippen MR) is 74.6 cm³/mol. The Hall–Kier alpha value is -2.21. The number of hydrogen-bond acceptors (Lipinski definition) is 6. The van der Waals surface area contributed by atoms with Gasteiger partial charge < -0.3 is 0 Å². The van der Waals surface area contributed by atoms with Crippen molar-refractivity contribution in [2.24, 2.45) is 10.2 Å². The van der Waals surface area contributed by atoms with Gasteiger partial charge in [-0.25, -0.2) is 9.97 Å². The highest BCUT2D eigenvalue weighted by Crippen LogP contribution is 2.30. The van der Waals surface area contributed by atoms with Gasteiger partial charge in [0.15, 0.2) is 5.82 Å². The van der Waals surface area contributed by atoms with E-state index in [0.717, 1.165) is 21.3 Å². The number of thiophene rings is 1. The van der Waals surface area contributed by atoms with Gasteiger partial charge in [0.1, 0.15) is 6.33 Å². The van der Waals surface area contributed by atoms with Crippen LogP contribution in [0.15, 0.2) is 46.5 Å². The van der Waals surface area contributed by atoms with Crippen molar-refractivity contribution in [3.8, 4) is 0 Å². The monoisotopic (exact) mass is 269 g/mol. The molecule has 0 saturated heterocycles. The van der Waals surface area contributed by atoms with Gasteiger partial charge in [-0.05, 0) is 29.5 Å². The minimum Gasteiger partial charge on any atom is -0.264 e. The second-order valence-corrected chi connectivity index (χ2v) is 4.93. The van der Waals surface area contributed by atoms with Gasteiger partial charge in [0.2, 0.25) is 0 Å². The van der Waals surface area contributed by atoms with Crippen molar-refractivity contribution in [1.82, 2.24) is 15.0 Å². The molecule has 94 valence electrons. The zero-order valence-corrected chi connectivity index (χ0v) is 11.1. The molecule has 0 aliphatic heterocycles. The Morgan fingerprint density at radius 1 is 1.32 bits per heavy atom. The van der Waals surface area contributed by atoms with Gasteiger partial charge in [-0.3, -0.25) is 4.98 Å². The molecule has 3 heterocycles. The number of aromatic nitrogens is 3. The van der Waals surface area contributed by atoms with E-state index in [1.165, 1.54) is 6.33 Å². The molecule has 0 spiro atoms. The lowest BCUT2D eigenvalue weighted by Crippen LogP contribution is -1.82. The Morgan fingerprint density at radius 2 is 2.26 bits per heavy atom. The summed E-state index contributed by atoms with van der Waals surface area (Å²) in [5.41, 5.74) is 3.13. The number of rotatable bonds is 3. The molecule has 19 heavy (non-hydrogen) atoms. The van der Waals surface area contributed by atoms with E-state index < -0.39 is 0 Å². The van der Waals surface area contributed by atoms with Gasteiger partial charge in [-0.2, -0.15) is 5.11 Å². The highest BCUT2D eigenvalue weighted by Gasteiger charge is 2.06. The van der Waals surface area contributed by atoms with Crippen molar-refractivity contribution in [2.45, 2.75) is 13.5 Å². The minimum absolute atomic E-state index is 0.504. The van der Waals surface area contributed by atoms with Crippen LogP contribution < -0.4 is 0 Å². The number of aryl methyl sites for hydroxylation is 1. The van der Waals surface area contributed by atoms with Crippen molar-refractivity contribution in [3.63, 3.8) is 0 Å². The van der Waals surface area contributed by atoms with Crippen LogP contribution in [-0.4, -0.2) is 15.0 Å². The summed E-state index contributed by atoms with van der Waals surface area (Å²) in [5.74, 6) is 0.631. The second-order valence-electron chi connectivity index (χ2n) is 4.05. The maximum Gasteiger partial charge on any atom is 0.195 e. The van der Waals surface area contributed by atoms with E-state index >= 15 is 0 Å². The van der Waals surface area contributed by atoms with Crippen LogP contribution >= 0.6 is 11.3 Å². The Bertz CT molecular complexity index is 720. The zero-order valence-electron chi connectivity index (χ0n) is 10.3. The van der Waals surface area contributed by atoms with E-state index in [-0.39, 0.29) is 0 Å². The van der Waals surface area contributed by atoms with Crippen molar-refractivity contribution in [2.75, 3.05) is 0 Å². The fraction of sp³-hybridized carbons (Fsp3) is 0.154. The lowest BCUT2D eigenvalue weighted by atomic mass is 10.3. The van der Waals surface area contributed by atoms with Crippen LogP contribution in [0.3, 0.4) is 0 Å². The van der Waals surface area contributed by atoms with Crippen LogP contribution in [-0.2, 0) is 6.54 Å². The van der Waals surface area contributed by atoms with Crippen LogP contribution in [0.2, 0.25) is 0 Å². The molecule has 3 rings (SSSR count). The summed E-state index contributed by atoms with van der Waals surface area (Å²) in [5, 5.41) is 10.4. The first kappa shape index (κ1) is 11.9. The van der Waals surface area contributed by atoms with Crippen LogP contribution in [0.4, 0.5) is 5.82 Å². The van der Waals surface area contributed by atoms with Crippen molar-refractivity contribution in [3.05, 3.63) is 47.4 Å². The van der Waals surface area contributed by atoms with E-state index in [2.05, 4.69) is 30.6 Å². The molecule has 0 radical (unpaired) electrons. The van der Waals surface area contributed by atoms with E-state index in [9.17, 15) is 0 Å². The van der Waals surface area contributed by atoms with Gasteiger partial charge in [-0.15, -0.1) is 16.5 Å². The maximum atomic E-state index is 4.26.